The molecule has 5 heterocycles. The molecule has 38 heavy (non-hydrogen) atoms. The molecule has 3 aliphatic rings. The van der Waals surface area contributed by atoms with Gasteiger partial charge in [0.25, 0.3) is 5.91 Å². The summed E-state index contributed by atoms with van der Waals surface area (Å²) in [5.41, 5.74) is 4.52. The second-order valence-electron chi connectivity index (χ2n) is 10.4. The molecule has 3 aromatic heterocycles. The smallest absolute Gasteiger partial charge is 0.257 e. The molecule has 0 bridgehead atoms. The van der Waals surface area contributed by atoms with Crippen LogP contribution in [-0.2, 0) is 21.7 Å². The molecule has 1 spiro atoms. The zero-order valence-corrected chi connectivity index (χ0v) is 21.7. The summed E-state index contributed by atoms with van der Waals surface area (Å²) in [6.45, 7) is 5.18. The average molecular weight is 509 g/mol. The van der Waals surface area contributed by atoms with E-state index in [9.17, 15) is 9.59 Å². The first-order chi connectivity index (χ1) is 18.4. The van der Waals surface area contributed by atoms with Gasteiger partial charge in [-0.2, -0.15) is 0 Å². The molecule has 1 saturated heterocycles. The van der Waals surface area contributed by atoms with E-state index in [0.29, 0.717) is 36.5 Å². The number of amides is 2. The zero-order valence-electron chi connectivity index (χ0n) is 21.7. The molecule has 7 rings (SSSR count). The van der Waals surface area contributed by atoms with Crippen molar-refractivity contribution in [3.05, 3.63) is 48.3 Å². The predicted molar refractivity (Wildman–Crippen MR) is 141 cm³/mol. The van der Waals surface area contributed by atoms with E-state index in [1.165, 1.54) is 0 Å². The molecule has 0 N–H and O–H groups in total. The van der Waals surface area contributed by atoms with Crippen molar-refractivity contribution in [2.75, 3.05) is 18.5 Å². The number of nitrogens with zero attached hydrogens (tertiary/aromatic N) is 8. The molecule has 1 aromatic carbocycles. The maximum atomic E-state index is 13.8. The van der Waals surface area contributed by atoms with Crippen LogP contribution in [0.1, 0.15) is 44.0 Å². The van der Waals surface area contributed by atoms with Gasteiger partial charge in [0.15, 0.2) is 5.65 Å². The molecule has 2 amide bonds. The summed E-state index contributed by atoms with van der Waals surface area (Å²) in [4.78, 5) is 53.5. The lowest BCUT2D eigenvalue weighted by atomic mass is 9.86. The number of likely N-dealkylation sites (N-methyl/N-ethyl adjacent to an activating group) is 1. The monoisotopic (exact) mass is 508 g/mol. The Hall–Kier alpha value is -4.21. The Labute approximate surface area is 219 Å². The van der Waals surface area contributed by atoms with Gasteiger partial charge >= 0.3 is 0 Å². The van der Waals surface area contributed by atoms with E-state index in [1.54, 1.807) is 30.7 Å². The van der Waals surface area contributed by atoms with E-state index in [0.717, 1.165) is 53.1 Å². The number of aryl methyl sites for hydroxylation is 2. The molecule has 2 fully saturated rings. The number of hydrogen-bond acceptors (Lipinski definition) is 7. The number of rotatable bonds is 4. The van der Waals surface area contributed by atoms with Gasteiger partial charge in [0.1, 0.15) is 34.7 Å². The van der Waals surface area contributed by atoms with Crippen LogP contribution in [0.5, 0.6) is 0 Å². The highest BCUT2D eigenvalue weighted by molar-refractivity contribution is 6.10. The van der Waals surface area contributed by atoms with E-state index in [-0.39, 0.29) is 17.7 Å². The Morgan fingerprint density at radius 1 is 1.11 bits per heavy atom. The number of aromatic nitrogens is 6. The Morgan fingerprint density at radius 2 is 1.89 bits per heavy atom. The van der Waals surface area contributed by atoms with Crippen LogP contribution in [0.4, 0.5) is 5.69 Å². The number of benzene rings is 1. The summed E-state index contributed by atoms with van der Waals surface area (Å²) < 4.78 is 2.04. The second kappa shape index (κ2) is 8.14. The number of anilines is 1. The molecular formula is C28H28N8O2. The Morgan fingerprint density at radius 3 is 2.63 bits per heavy atom. The SMILES string of the molecule is CCn1c(-c2cnc(C)nc2)nc2c(-c3ccc4c(c3)C3(CCCN3C(=O)C3CC3)C(=O)N4C)ncnc21. The van der Waals surface area contributed by atoms with Crippen LogP contribution < -0.4 is 4.90 Å². The molecule has 10 nitrogen and oxygen atoms in total. The first-order valence-corrected chi connectivity index (χ1v) is 13.2. The fourth-order valence-electron chi connectivity index (χ4n) is 6.16. The van der Waals surface area contributed by atoms with Crippen LogP contribution in [0, 0.1) is 12.8 Å². The van der Waals surface area contributed by atoms with Crippen molar-refractivity contribution in [3.63, 3.8) is 0 Å². The van der Waals surface area contributed by atoms with Crippen molar-refractivity contribution in [2.24, 2.45) is 5.92 Å². The van der Waals surface area contributed by atoms with Gasteiger partial charge in [-0.15, -0.1) is 0 Å². The normalized spacial score (nSPS) is 20.7. The van der Waals surface area contributed by atoms with Gasteiger partial charge in [0.2, 0.25) is 5.91 Å². The quantitative estimate of drug-likeness (QED) is 0.415. The summed E-state index contributed by atoms with van der Waals surface area (Å²) >= 11 is 0. The minimum Gasteiger partial charge on any atom is -0.324 e. The molecule has 10 heteroatoms. The molecule has 1 saturated carbocycles. The van der Waals surface area contributed by atoms with Crippen molar-refractivity contribution in [3.8, 4) is 22.6 Å². The molecule has 4 aromatic rings. The number of hydrogen-bond donors (Lipinski definition) is 0. The summed E-state index contributed by atoms with van der Waals surface area (Å²) in [6, 6.07) is 5.98. The third kappa shape index (κ3) is 3.09. The topological polar surface area (TPSA) is 110 Å². The van der Waals surface area contributed by atoms with Gasteiger partial charge in [-0.3, -0.25) is 9.59 Å². The number of carbonyl (C=O) groups excluding carboxylic acids is 2. The summed E-state index contributed by atoms with van der Waals surface area (Å²) in [5, 5.41) is 0. The first-order valence-electron chi connectivity index (χ1n) is 13.2. The maximum absolute atomic E-state index is 13.8. The fourth-order valence-corrected chi connectivity index (χ4v) is 6.16. The molecule has 1 aliphatic carbocycles. The van der Waals surface area contributed by atoms with Crippen molar-refractivity contribution in [1.29, 1.82) is 0 Å². The van der Waals surface area contributed by atoms with E-state index in [2.05, 4.69) is 19.9 Å². The number of likely N-dealkylation sites (tertiary alicyclic amines) is 1. The van der Waals surface area contributed by atoms with E-state index < -0.39 is 5.54 Å². The molecule has 0 radical (unpaired) electrons. The van der Waals surface area contributed by atoms with Crippen molar-refractivity contribution in [1.82, 2.24) is 34.4 Å². The average Bonchev–Trinajstić information content (AvgIpc) is 3.53. The minimum absolute atomic E-state index is 0.0269. The van der Waals surface area contributed by atoms with Gasteiger partial charge in [-0.1, -0.05) is 6.07 Å². The molecular weight excluding hydrogens is 480 g/mol. The third-order valence-corrected chi connectivity index (χ3v) is 8.20. The van der Waals surface area contributed by atoms with Crippen molar-refractivity contribution >= 4 is 28.7 Å². The Bertz CT molecular complexity index is 1620. The minimum atomic E-state index is -0.945. The summed E-state index contributed by atoms with van der Waals surface area (Å²) in [7, 11) is 1.80. The Kier molecular flexibility index (Phi) is 4.92. The van der Waals surface area contributed by atoms with Crippen molar-refractivity contribution < 1.29 is 9.59 Å². The molecule has 1 atom stereocenters. The van der Waals surface area contributed by atoms with Crippen molar-refractivity contribution in [2.45, 2.75) is 51.6 Å². The highest BCUT2D eigenvalue weighted by atomic mass is 16.2. The molecule has 1 unspecified atom stereocenters. The van der Waals surface area contributed by atoms with E-state index in [4.69, 9.17) is 4.98 Å². The standard InChI is InChI=1S/C28H28N8O2/c1-4-35-24(19-13-29-16(2)30-14-19)33-23-22(31-15-32-25(23)35)18-8-9-21-20(12-18)28(27(38)34(21)3)10-5-11-36(28)26(37)17-6-7-17/h8-9,12-15,17H,4-7,10-11H2,1-3H3. The van der Waals surface area contributed by atoms with E-state index >= 15 is 0 Å². The summed E-state index contributed by atoms with van der Waals surface area (Å²) in [6.07, 6.45) is 8.36. The van der Waals surface area contributed by atoms with E-state index in [1.807, 2.05) is 41.5 Å². The van der Waals surface area contributed by atoms with Gasteiger partial charge < -0.3 is 14.4 Å². The molecule has 2 aliphatic heterocycles. The maximum Gasteiger partial charge on any atom is 0.257 e. The predicted octanol–water partition coefficient (Wildman–Crippen LogP) is 3.48. The fraction of sp³-hybridized carbons (Fsp3) is 0.393. The molecule has 192 valence electrons. The zero-order chi connectivity index (χ0) is 26.2. The lowest BCUT2D eigenvalue weighted by molar-refractivity contribution is -0.144. The van der Waals surface area contributed by atoms with Crippen LogP contribution in [0.3, 0.4) is 0 Å². The number of fused-ring (bicyclic) bond motifs is 3. The van der Waals surface area contributed by atoms with Gasteiger partial charge in [-0.25, -0.2) is 24.9 Å². The van der Waals surface area contributed by atoms with Crippen LogP contribution in [0.25, 0.3) is 33.8 Å². The number of carbonyl (C=O) groups is 2. The summed E-state index contributed by atoms with van der Waals surface area (Å²) in [5.74, 6) is 1.56. The van der Waals surface area contributed by atoms with Crippen LogP contribution in [0.15, 0.2) is 36.9 Å². The lowest BCUT2D eigenvalue weighted by Gasteiger charge is -2.34. The third-order valence-electron chi connectivity index (χ3n) is 8.20. The van der Waals surface area contributed by atoms with Gasteiger partial charge in [-0.05, 0) is 51.7 Å². The van der Waals surface area contributed by atoms with Crippen LogP contribution in [0.2, 0.25) is 0 Å². The first kappa shape index (κ1) is 22.9. The highest BCUT2D eigenvalue weighted by Crippen LogP contribution is 2.52. The lowest BCUT2D eigenvalue weighted by Crippen LogP contribution is -2.51. The Balaban J connectivity index is 1.39. The second-order valence-corrected chi connectivity index (χ2v) is 10.4. The van der Waals surface area contributed by atoms with Crippen LogP contribution in [-0.4, -0.2) is 59.8 Å². The largest absolute Gasteiger partial charge is 0.324 e. The van der Waals surface area contributed by atoms with Crippen LogP contribution >= 0.6 is 0 Å². The highest BCUT2D eigenvalue weighted by Gasteiger charge is 2.58. The van der Waals surface area contributed by atoms with Gasteiger partial charge in [0.05, 0.1) is 5.56 Å². The van der Waals surface area contributed by atoms with Gasteiger partial charge in [0, 0.05) is 55.3 Å². The number of imidazole rings is 1.